The van der Waals surface area contributed by atoms with Gasteiger partial charge < -0.3 is 25.0 Å². The molecule has 0 bridgehead atoms. The molecule has 0 heterocycles. The van der Waals surface area contributed by atoms with Crippen molar-refractivity contribution in [2.24, 2.45) is 10.9 Å². The summed E-state index contributed by atoms with van der Waals surface area (Å²) in [6.45, 7) is 7.24. The molecule has 158 valence electrons. The van der Waals surface area contributed by atoms with Crippen molar-refractivity contribution in [3.8, 4) is 11.5 Å². The van der Waals surface area contributed by atoms with Crippen molar-refractivity contribution in [2.75, 3.05) is 47.9 Å². The van der Waals surface area contributed by atoms with E-state index in [0.717, 1.165) is 17.9 Å². The van der Waals surface area contributed by atoms with Gasteiger partial charge in [0.15, 0.2) is 17.5 Å². The van der Waals surface area contributed by atoms with Gasteiger partial charge >= 0.3 is 0 Å². The molecule has 8 heteroatoms. The van der Waals surface area contributed by atoms with E-state index in [2.05, 4.69) is 29.1 Å². The van der Waals surface area contributed by atoms with Gasteiger partial charge in [-0.05, 0) is 30.0 Å². The van der Waals surface area contributed by atoms with Crippen LogP contribution >= 0.6 is 24.0 Å². The monoisotopic (exact) mass is 504 g/mol. The Kier molecular flexibility index (Phi) is 13.1. The number of likely N-dealkylation sites (N-methyl/N-ethyl adjacent to an activating group) is 1. The lowest BCUT2D eigenvalue weighted by molar-refractivity contribution is -0.127. The first-order valence-electron chi connectivity index (χ1n) is 8.95. The minimum absolute atomic E-state index is 0. The molecule has 1 atom stereocenters. The van der Waals surface area contributed by atoms with E-state index in [0.29, 0.717) is 25.0 Å². The molecule has 7 nitrogen and oxygen atoms in total. The van der Waals surface area contributed by atoms with Crippen molar-refractivity contribution in [3.63, 3.8) is 0 Å². The quantitative estimate of drug-likeness (QED) is 0.222. The summed E-state index contributed by atoms with van der Waals surface area (Å²) in [5.41, 5.74) is 1.17. The molecule has 28 heavy (non-hydrogen) atoms. The molecule has 0 saturated carbocycles. The number of halogens is 1. The molecule has 1 aromatic carbocycles. The van der Waals surface area contributed by atoms with Crippen molar-refractivity contribution in [1.29, 1.82) is 0 Å². The fourth-order valence-corrected chi connectivity index (χ4v) is 2.38. The predicted octanol–water partition coefficient (Wildman–Crippen LogP) is 2.31. The van der Waals surface area contributed by atoms with Crippen molar-refractivity contribution in [1.82, 2.24) is 15.5 Å². The average Bonchev–Trinajstić information content (AvgIpc) is 2.66. The Labute approximate surface area is 185 Å². The summed E-state index contributed by atoms with van der Waals surface area (Å²) in [5.74, 6) is 2.36. The highest BCUT2D eigenvalue weighted by atomic mass is 127. The van der Waals surface area contributed by atoms with Crippen molar-refractivity contribution < 1.29 is 14.3 Å². The number of ether oxygens (including phenoxy) is 2. The van der Waals surface area contributed by atoms with Crippen LogP contribution in [0.1, 0.15) is 12.5 Å². The van der Waals surface area contributed by atoms with Gasteiger partial charge in [0, 0.05) is 27.2 Å². The van der Waals surface area contributed by atoms with Gasteiger partial charge in [-0.2, -0.15) is 0 Å². The smallest absolute Gasteiger partial charge is 0.243 e. The number of hydrogen-bond donors (Lipinski definition) is 2. The third-order valence-electron chi connectivity index (χ3n) is 3.94. The van der Waals surface area contributed by atoms with E-state index in [4.69, 9.17) is 9.47 Å². The van der Waals surface area contributed by atoms with Crippen molar-refractivity contribution in [3.05, 3.63) is 36.4 Å². The second-order valence-corrected chi connectivity index (χ2v) is 6.50. The number of guanidine groups is 1. The number of benzene rings is 1. The summed E-state index contributed by atoms with van der Waals surface area (Å²) in [6.07, 6.45) is 2.62. The molecule has 0 saturated heterocycles. The zero-order valence-electron chi connectivity index (χ0n) is 17.4. The van der Waals surface area contributed by atoms with Crippen LogP contribution in [-0.2, 0) is 11.2 Å². The fraction of sp³-hybridized carbons (Fsp3) is 0.500. The topological polar surface area (TPSA) is 75.2 Å². The molecule has 0 fully saturated rings. The van der Waals surface area contributed by atoms with Gasteiger partial charge in [0.05, 0.1) is 14.2 Å². The first kappa shape index (κ1) is 26.0. The molecule has 1 unspecified atom stereocenters. The van der Waals surface area contributed by atoms with Gasteiger partial charge in [-0.3, -0.25) is 4.79 Å². The standard InChI is InChI=1S/C20H32N4O3.HI/c1-7-10-21-20(23-14-19(25)24(3)4)22-13-15(2)11-16-8-9-17(26-5)18(12-16)27-6;/h7-9,12,15H,1,10-11,13-14H2,2-6H3,(H2,21,22,23);1H. The fourth-order valence-electron chi connectivity index (χ4n) is 2.38. The summed E-state index contributed by atoms with van der Waals surface area (Å²) < 4.78 is 10.6. The highest BCUT2D eigenvalue weighted by Gasteiger charge is 2.10. The minimum atomic E-state index is -0.0481. The molecule has 1 amide bonds. The van der Waals surface area contributed by atoms with Gasteiger partial charge in [-0.1, -0.05) is 19.1 Å². The maximum atomic E-state index is 11.7. The Balaban J connectivity index is 0.00000729. The molecule has 0 spiro atoms. The number of amides is 1. The molecule has 1 rings (SSSR count). The molecule has 0 aromatic heterocycles. The van der Waals surface area contributed by atoms with E-state index >= 15 is 0 Å². The average molecular weight is 504 g/mol. The van der Waals surface area contributed by atoms with Crippen LogP contribution in [0.25, 0.3) is 0 Å². The Morgan fingerprint density at radius 1 is 1.25 bits per heavy atom. The Hall–Kier alpha value is -1.97. The first-order chi connectivity index (χ1) is 12.9. The lowest BCUT2D eigenvalue weighted by atomic mass is 10.0. The molecule has 0 aliphatic carbocycles. The Morgan fingerprint density at radius 3 is 2.50 bits per heavy atom. The number of carbonyl (C=O) groups excluding carboxylic acids is 1. The van der Waals surface area contributed by atoms with E-state index < -0.39 is 0 Å². The van der Waals surface area contributed by atoms with Gasteiger partial charge in [0.25, 0.3) is 0 Å². The molecular formula is C20H33IN4O3. The third-order valence-corrected chi connectivity index (χ3v) is 3.94. The number of hydrogen-bond acceptors (Lipinski definition) is 4. The summed E-state index contributed by atoms with van der Waals surface area (Å²) in [4.78, 5) is 17.6. The summed E-state index contributed by atoms with van der Waals surface area (Å²) >= 11 is 0. The molecule has 0 aliphatic rings. The number of nitrogens with zero attached hydrogens (tertiary/aromatic N) is 2. The van der Waals surface area contributed by atoms with E-state index in [1.807, 2.05) is 18.2 Å². The van der Waals surface area contributed by atoms with Crippen LogP contribution in [0.15, 0.2) is 35.8 Å². The molecule has 2 N–H and O–H groups in total. The maximum Gasteiger partial charge on any atom is 0.243 e. The second kappa shape index (κ2) is 14.1. The lowest BCUT2D eigenvalue weighted by Crippen LogP contribution is -2.40. The molecule has 0 aliphatic heterocycles. The number of nitrogens with one attached hydrogen (secondary N) is 2. The van der Waals surface area contributed by atoms with E-state index in [9.17, 15) is 4.79 Å². The Bertz CT molecular complexity index is 650. The molecule has 1 aromatic rings. The zero-order chi connectivity index (χ0) is 20.2. The zero-order valence-corrected chi connectivity index (χ0v) is 19.8. The number of methoxy groups -OCH3 is 2. The summed E-state index contributed by atoms with van der Waals surface area (Å²) in [7, 11) is 6.69. The summed E-state index contributed by atoms with van der Waals surface area (Å²) in [6, 6.07) is 5.95. The maximum absolute atomic E-state index is 11.7. The molecular weight excluding hydrogens is 471 g/mol. The minimum Gasteiger partial charge on any atom is -0.493 e. The summed E-state index contributed by atoms with van der Waals surface area (Å²) in [5, 5.41) is 6.41. The van der Waals surface area contributed by atoms with Gasteiger partial charge in [-0.25, -0.2) is 4.99 Å². The van der Waals surface area contributed by atoms with Gasteiger partial charge in [0.2, 0.25) is 5.91 Å². The van der Waals surface area contributed by atoms with Crippen LogP contribution in [0.4, 0.5) is 0 Å². The van der Waals surface area contributed by atoms with Crippen LogP contribution in [-0.4, -0.2) is 64.7 Å². The van der Waals surface area contributed by atoms with Gasteiger partial charge in [0.1, 0.15) is 6.54 Å². The van der Waals surface area contributed by atoms with E-state index in [1.165, 1.54) is 10.5 Å². The highest BCUT2D eigenvalue weighted by Crippen LogP contribution is 2.28. The molecule has 0 radical (unpaired) electrons. The SMILES string of the molecule is C=CCNC(=NCC(=O)N(C)C)NCC(C)Cc1ccc(OC)c(OC)c1.I. The third kappa shape index (κ3) is 9.29. The largest absolute Gasteiger partial charge is 0.493 e. The predicted molar refractivity (Wildman–Crippen MR) is 125 cm³/mol. The normalized spacial score (nSPS) is 11.7. The van der Waals surface area contributed by atoms with Gasteiger partial charge in [-0.15, -0.1) is 30.6 Å². The van der Waals surface area contributed by atoms with Crippen LogP contribution in [0.3, 0.4) is 0 Å². The number of aliphatic imine (C=N–C) groups is 1. The van der Waals surface area contributed by atoms with Crippen LogP contribution in [0.2, 0.25) is 0 Å². The van der Waals surface area contributed by atoms with Crippen molar-refractivity contribution >= 4 is 35.8 Å². The lowest BCUT2D eigenvalue weighted by Gasteiger charge is -2.17. The second-order valence-electron chi connectivity index (χ2n) is 6.50. The highest BCUT2D eigenvalue weighted by molar-refractivity contribution is 14.0. The van der Waals surface area contributed by atoms with Crippen molar-refractivity contribution in [2.45, 2.75) is 13.3 Å². The number of carbonyl (C=O) groups is 1. The Morgan fingerprint density at radius 2 is 1.93 bits per heavy atom. The van der Waals surface area contributed by atoms with Crippen LogP contribution in [0.5, 0.6) is 11.5 Å². The van der Waals surface area contributed by atoms with Crippen LogP contribution in [0, 0.1) is 5.92 Å². The number of rotatable bonds is 10. The van der Waals surface area contributed by atoms with E-state index in [1.54, 1.807) is 34.4 Å². The van der Waals surface area contributed by atoms with E-state index in [-0.39, 0.29) is 36.4 Å². The van der Waals surface area contributed by atoms with Crippen LogP contribution < -0.4 is 20.1 Å². The first-order valence-corrected chi connectivity index (χ1v) is 8.95.